The zero-order chi connectivity index (χ0) is 20.6. The maximum Gasteiger partial charge on any atom is 0.222 e. The summed E-state index contributed by atoms with van der Waals surface area (Å²) >= 11 is 1.37. The molecule has 0 saturated heterocycles. The van der Waals surface area contributed by atoms with Gasteiger partial charge in [0.25, 0.3) is 0 Å². The number of rotatable bonds is 9. The summed E-state index contributed by atoms with van der Waals surface area (Å²) in [6, 6.07) is 17.6. The molecule has 0 fully saturated rings. The molecule has 150 valence electrons. The lowest BCUT2D eigenvalue weighted by molar-refractivity contribution is -0.122. The zero-order valence-electron chi connectivity index (χ0n) is 16.3. The molecule has 2 aromatic carbocycles. The van der Waals surface area contributed by atoms with Gasteiger partial charge in [-0.3, -0.25) is 14.4 Å². The van der Waals surface area contributed by atoms with Crippen LogP contribution in [0, 0.1) is 0 Å². The molecule has 0 aliphatic heterocycles. The number of nitrogens with one attached hydrogen (secondary N) is 2. The molecule has 1 heterocycles. The van der Waals surface area contributed by atoms with Crippen LogP contribution in [0.1, 0.15) is 47.5 Å². The SMILES string of the molecule is C[C@@H](NC(=O)CCNC(=O)CCC(=O)c1cccs1)c1cccc2ccccc12. The van der Waals surface area contributed by atoms with Gasteiger partial charge < -0.3 is 10.6 Å². The second kappa shape index (κ2) is 9.98. The lowest BCUT2D eigenvalue weighted by Crippen LogP contribution is -2.32. The maximum atomic E-state index is 12.3. The molecule has 2 amide bonds. The van der Waals surface area contributed by atoms with Crippen LogP contribution in [-0.2, 0) is 9.59 Å². The summed E-state index contributed by atoms with van der Waals surface area (Å²) in [6.07, 6.45) is 0.501. The number of fused-ring (bicyclic) bond motifs is 1. The molecule has 3 aromatic rings. The van der Waals surface area contributed by atoms with Crippen molar-refractivity contribution in [2.24, 2.45) is 0 Å². The number of Topliss-reactive ketones (excluding diaryl/α,β-unsaturated/α-hetero) is 1. The minimum Gasteiger partial charge on any atom is -0.356 e. The van der Waals surface area contributed by atoms with Crippen LogP contribution in [-0.4, -0.2) is 24.1 Å². The van der Waals surface area contributed by atoms with Crippen molar-refractivity contribution in [3.8, 4) is 0 Å². The highest BCUT2D eigenvalue weighted by Gasteiger charge is 2.13. The van der Waals surface area contributed by atoms with E-state index in [9.17, 15) is 14.4 Å². The molecule has 1 aromatic heterocycles. The second-order valence-corrected chi connectivity index (χ2v) is 7.81. The lowest BCUT2D eigenvalue weighted by Gasteiger charge is -2.17. The molecule has 0 spiro atoms. The molecule has 0 bridgehead atoms. The fraction of sp³-hybridized carbons (Fsp3) is 0.261. The van der Waals surface area contributed by atoms with Crippen molar-refractivity contribution in [1.82, 2.24) is 10.6 Å². The highest BCUT2D eigenvalue weighted by atomic mass is 32.1. The summed E-state index contributed by atoms with van der Waals surface area (Å²) < 4.78 is 0. The Bertz CT molecular complexity index is 993. The first-order chi connectivity index (χ1) is 14.0. The standard InChI is InChI=1S/C23H24N2O3S/c1-16(18-9-4-7-17-6-2-3-8-19(17)18)25-23(28)13-14-24-22(27)12-11-20(26)21-10-5-15-29-21/h2-10,15-16H,11-14H2,1H3,(H,24,27)(H,25,28)/t16-/m1/s1. The summed E-state index contributed by atoms with van der Waals surface area (Å²) in [5.74, 6) is -0.373. The van der Waals surface area contributed by atoms with E-state index < -0.39 is 0 Å². The molecular formula is C23H24N2O3S. The van der Waals surface area contributed by atoms with Gasteiger partial charge in [0.1, 0.15) is 0 Å². The third-order valence-corrected chi connectivity index (χ3v) is 5.63. The van der Waals surface area contributed by atoms with Gasteiger partial charge in [-0.05, 0) is 34.7 Å². The van der Waals surface area contributed by atoms with Crippen LogP contribution in [0.5, 0.6) is 0 Å². The van der Waals surface area contributed by atoms with Crippen molar-refractivity contribution in [3.05, 3.63) is 70.4 Å². The molecule has 1 atom stereocenters. The van der Waals surface area contributed by atoms with E-state index in [1.807, 2.05) is 60.8 Å². The molecule has 2 N–H and O–H groups in total. The van der Waals surface area contributed by atoms with E-state index in [1.54, 1.807) is 6.07 Å². The molecule has 29 heavy (non-hydrogen) atoms. The molecule has 0 saturated carbocycles. The van der Waals surface area contributed by atoms with Gasteiger partial charge in [-0.15, -0.1) is 11.3 Å². The van der Waals surface area contributed by atoms with E-state index in [2.05, 4.69) is 10.6 Å². The second-order valence-electron chi connectivity index (χ2n) is 6.86. The summed E-state index contributed by atoms with van der Waals surface area (Å²) in [6.45, 7) is 2.20. The quantitative estimate of drug-likeness (QED) is 0.520. The monoisotopic (exact) mass is 408 g/mol. The minimum atomic E-state index is -0.218. The van der Waals surface area contributed by atoms with Gasteiger partial charge in [0.2, 0.25) is 11.8 Å². The number of carbonyl (C=O) groups is 3. The predicted molar refractivity (Wildman–Crippen MR) is 116 cm³/mol. The molecule has 0 unspecified atom stereocenters. The highest BCUT2D eigenvalue weighted by Crippen LogP contribution is 2.24. The normalized spacial score (nSPS) is 11.8. The molecular weight excluding hydrogens is 384 g/mol. The lowest BCUT2D eigenvalue weighted by atomic mass is 9.99. The topological polar surface area (TPSA) is 75.3 Å². The third kappa shape index (κ3) is 5.74. The van der Waals surface area contributed by atoms with Gasteiger partial charge in [0.15, 0.2) is 5.78 Å². The molecule has 0 aliphatic rings. The van der Waals surface area contributed by atoms with Crippen molar-refractivity contribution in [2.45, 2.75) is 32.2 Å². The van der Waals surface area contributed by atoms with Crippen LogP contribution in [0.15, 0.2) is 60.0 Å². The summed E-state index contributed by atoms with van der Waals surface area (Å²) in [7, 11) is 0. The molecule has 3 rings (SSSR count). The van der Waals surface area contributed by atoms with Gasteiger partial charge in [0.05, 0.1) is 10.9 Å². The first-order valence-electron chi connectivity index (χ1n) is 9.65. The van der Waals surface area contributed by atoms with Crippen molar-refractivity contribution < 1.29 is 14.4 Å². The van der Waals surface area contributed by atoms with Crippen molar-refractivity contribution >= 4 is 39.7 Å². The van der Waals surface area contributed by atoms with Gasteiger partial charge >= 0.3 is 0 Å². The average Bonchev–Trinajstić information content (AvgIpc) is 3.26. The van der Waals surface area contributed by atoms with E-state index in [-0.39, 0.29) is 49.4 Å². The predicted octanol–water partition coefficient (Wildman–Crippen LogP) is 4.25. The zero-order valence-corrected chi connectivity index (χ0v) is 17.1. The Kier molecular flexibility index (Phi) is 7.14. The Hall–Kier alpha value is -2.99. The maximum absolute atomic E-state index is 12.3. The van der Waals surface area contributed by atoms with Crippen LogP contribution in [0.2, 0.25) is 0 Å². The number of ketones is 1. The van der Waals surface area contributed by atoms with Crippen LogP contribution in [0.4, 0.5) is 0 Å². The van der Waals surface area contributed by atoms with E-state index in [4.69, 9.17) is 0 Å². The van der Waals surface area contributed by atoms with Gasteiger partial charge in [0, 0.05) is 25.8 Å². The van der Waals surface area contributed by atoms with Crippen LogP contribution >= 0.6 is 11.3 Å². The average molecular weight is 409 g/mol. The van der Waals surface area contributed by atoms with E-state index in [0.717, 1.165) is 16.3 Å². The van der Waals surface area contributed by atoms with Crippen molar-refractivity contribution in [2.75, 3.05) is 6.54 Å². The summed E-state index contributed by atoms with van der Waals surface area (Å²) in [5, 5.41) is 9.79. The van der Waals surface area contributed by atoms with Gasteiger partial charge in [-0.1, -0.05) is 48.5 Å². The number of benzene rings is 2. The van der Waals surface area contributed by atoms with Crippen LogP contribution in [0.3, 0.4) is 0 Å². The Morgan fingerprint density at radius 1 is 0.897 bits per heavy atom. The molecule has 0 aliphatic carbocycles. The number of amides is 2. The smallest absolute Gasteiger partial charge is 0.222 e. The van der Waals surface area contributed by atoms with E-state index in [0.29, 0.717) is 4.88 Å². The fourth-order valence-corrected chi connectivity index (χ4v) is 3.91. The van der Waals surface area contributed by atoms with Crippen molar-refractivity contribution in [1.29, 1.82) is 0 Å². The Balaban J connectivity index is 1.41. The van der Waals surface area contributed by atoms with Crippen LogP contribution < -0.4 is 10.6 Å². The Labute approximate surface area is 174 Å². The van der Waals surface area contributed by atoms with Crippen LogP contribution in [0.25, 0.3) is 10.8 Å². The Morgan fingerprint density at radius 2 is 1.69 bits per heavy atom. The molecule has 5 nitrogen and oxygen atoms in total. The highest BCUT2D eigenvalue weighted by molar-refractivity contribution is 7.12. The van der Waals surface area contributed by atoms with Gasteiger partial charge in [-0.25, -0.2) is 0 Å². The largest absolute Gasteiger partial charge is 0.356 e. The minimum absolute atomic E-state index is 0.0307. The number of hydrogen-bond donors (Lipinski definition) is 2. The fourth-order valence-electron chi connectivity index (χ4n) is 3.21. The van der Waals surface area contributed by atoms with E-state index in [1.165, 1.54) is 11.3 Å². The van der Waals surface area contributed by atoms with E-state index >= 15 is 0 Å². The van der Waals surface area contributed by atoms with Gasteiger partial charge in [-0.2, -0.15) is 0 Å². The summed E-state index contributed by atoms with van der Waals surface area (Å²) in [5.41, 5.74) is 1.06. The molecule has 6 heteroatoms. The first kappa shape index (κ1) is 20.7. The number of thiophene rings is 1. The van der Waals surface area contributed by atoms with Crippen molar-refractivity contribution in [3.63, 3.8) is 0 Å². The first-order valence-corrected chi connectivity index (χ1v) is 10.5. The Morgan fingerprint density at radius 3 is 2.48 bits per heavy atom. The number of carbonyl (C=O) groups excluding carboxylic acids is 3. The summed E-state index contributed by atoms with van der Waals surface area (Å²) in [4.78, 5) is 36.7. The number of hydrogen-bond acceptors (Lipinski definition) is 4. The third-order valence-electron chi connectivity index (χ3n) is 4.72. The molecule has 0 radical (unpaired) electrons.